The van der Waals surface area contributed by atoms with Crippen LogP contribution in [0.2, 0.25) is 0 Å². The van der Waals surface area contributed by atoms with Crippen molar-refractivity contribution < 1.29 is 9.59 Å². The fourth-order valence-corrected chi connectivity index (χ4v) is 3.35. The molecule has 4 heterocycles. The minimum absolute atomic E-state index is 0.0863. The maximum Gasteiger partial charge on any atom is 0.255 e. The number of carbonyl (C=O) groups is 2. The van der Waals surface area contributed by atoms with Gasteiger partial charge in [0, 0.05) is 25.0 Å². The lowest BCUT2D eigenvalue weighted by Gasteiger charge is -2.32. The highest BCUT2D eigenvalue weighted by atomic mass is 16.2. The summed E-state index contributed by atoms with van der Waals surface area (Å²) in [5, 5.41) is 10.6. The average molecular weight is 364 g/mol. The third kappa shape index (κ3) is 3.64. The Morgan fingerprint density at radius 1 is 1.22 bits per heavy atom. The SMILES string of the molecule is Cc1cccc(NC(=O)C2CCCN(C(=O)c3ccc4nncn4c3)C2)n1. The highest BCUT2D eigenvalue weighted by Crippen LogP contribution is 2.20. The lowest BCUT2D eigenvalue weighted by atomic mass is 9.96. The van der Waals surface area contributed by atoms with Gasteiger partial charge in [0.15, 0.2) is 5.65 Å². The molecule has 3 aromatic heterocycles. The second-order valence-corrected chi connectivity index (χ2v) is 6.76. The zero-order chi connectivity index (χ0) is 18.8. The second kappa shape index (κ2) is 7.14. The molecular weight excluding hydrogens is 344 g/mol. The third-order valence-corrected chi connectivity index (χ3v) is 4.76. The summed E-state index contributed by atoms with van der Waals surface area (Å²) < 4.78 is 1.71. The van der Waals surface area contributed by atoms with Gasteiger partial charge in [0.05, 0.1) is 11.5 Å². The predicted molar refractivity (Wildman–Crippen MR) is 99.2 cm³/mol. The van der Waals surface area contributed by atoms with Gasteiger partial charge in [-0.2, -0.15) is 0 Å². The quantitative estimate of drug-likeness (QED) is 0.766. The Balaban J connectivity index is 1.45. The molecule has 0 spiro atoms. The van der Waals surface area contributed by atoms with E-state index in [1.807, 2.05) is 19.1 Å². The fraction of sp³-hybridized carbons (Fsp3) is 0.316. The van der Waals surface area contributed by atoms with Crippen LogP contribution in [0.3, 0.4) is 0 Å². The maximum atomic E-state index is 12.9. The number of pyridine rings is 2. The van der Waals surface area contributed by atoms with E-state index in [4.69, 9.17) is 0 Å². The Morgan fingerprint density at radius 2 is 2.11 bits per heavy atom. The monoisotopic (exact) mass is 364 g/mol. The van der Waals surface area contributed by atoms with E-state index in [2.05, 4.69) is 20.5 Å². The summed E-state index contributed by atoms with van der Waals surface area (Å²) in [6.07, 6.45) is 4.83. The van der Waals surface area contributed by atoms with Crippen molar-refractivity contribution in [2.45, 2.75) is 19.8 Å². The van der Waals surface area contributed by atoms with Gasteiger partial charge in [-0.3, -0.25) is 14.0 Å². The molecule has 1 N–H and O–H groups in total. The standard InChI is InChI=1S/C19H20N6O2/c1-13-4-2-6-16(21-13)22-18(26)14-5-3-9-24(10-14)19(27)15-7-8-17-23-20-12-25(17)11-15/h2,4,6-8,11-12,14H,3,5,9-10H2,1H3,(H,21,22,26). The van der Waals surface area contributed by atoms with Crippen LogP contribution in [-0.4, -0.2) is 49.4 Å². The number of aromatic nitrogens is 4. The molecule has 0 aromatic carbocycles. The van der Waals surface area contributed by atoms with Crippen LogP contribution in [0.15, 0.2) is 42.9 Å². The van der Waals surface area contributed by atoms with Crippen molar-refractivity contribution in [2.24, 2.45) is 5.92 Å². The second-order valence-electron chi connectivity index (χ2n) is 6.76. The first-order valence-electron chi connectivity index (χ1n) is 8.93. The number of likely N-dealkylation sites (tertiary alicyclic amines) is 1. The number of nitrogens with one attached hydrogen (secondary N) is 1. The Morgan fingerprint density at radius 3 is 2.96 bits per heavy atom. The van der Waals surface area contributed by atoms with Crippen LogP contribution in [-0.2, 0) is 4.79 Å². The summed E-state index contributed by atoms with van der Waals surface area (Å²) in [6.45, 7) is 2.92. The molecule has 0 aliphatic carbocycles. The van der Waals surface area contributed by atoms with Crippen molar-refractivity contribution in [1.82, 2.24) is 24.5 Å². The molecule has 1 aliphatic rings. The van der Waals surface area contributed by atoms with Gasteiger partial charge in [0.1, 0.15) is 12.1 Å². The molecule has 138 valence electrons. The number of amides is 2. The summed E-state index contributed by atoms with van der Waals surface area (Å²) in [7, 11) is 0. The fourth-order valence-electron chi connectivity index (χ4n) is 3.35. The van der Waals surface area contributed by atoms with E-state index >= 15 is 0 Å². The first-order chi connectivity index (χ1) is 13.1. The van der Waals surface area contributed by atoms with Crippen molar-refractivity contribution in [3.63, 3.8) is 0 Å². The van der Waals surface area contributed by atoms with Gasteiger partial charge in [0.25, 0.3) is 5.91 Å². The molecule has 1 unspecified atom stereocenters. The molecule has 4 rings (SSSR count). The minimum atomic E-state index is -0.247. The maximum absolute atomic E-state index is 12.9. The van der Waals surface area contributed by atoms with Crippen LogP contribution in [0.25, 0.3) is 5.65 Å². The van der Waals surface area contributed by atoms with E-state index in [9.17, 15) is 9.59 Å². The number of piperidine rings is 1. The van der Waals surface area contributed by atoms with Gasteiger partial charge in [-0.25, -0.2) is 4.98 Å². The molecule has 27 heavy (non-hydrogen) atoms. The molecule has 3 aromatic rings. The van der Waals surface area contributed by atoms with Gasteiger partial charge in [-0.05, 0) is 44.0 Å². The van der Waals surface area contributed by atoms with Crippen molar-refractivity contribution in [1.29, 1.82) is 0 Å². The molecule has 0 radical (unpaired) electrons. The average Bonchev–Trinajstić information content (AvgIpc) is 3.15. The summed E-state index contributed by atoms with van der Waals surface area (Å²) in [5.74, 6) is 0.113. The first-order valence-corrected chi connectivity index (χ1v) is 8.93. The molecule has 0 saturated carbocycles. The van der Waals surface area contributed by atoms with E-state index in [-0.39, 0.29) is 17.7 Å². The predicted octanol–water partition coefficient (Wildman–Crippen LogP) is 1.92. The largest absolute Gasteiger partial charge is 0.338 e. The number of hydrogen-bond donors (Lipinski definition) is 1. The Labute approximate surface area is 156 Å². The van der Waals surface area contributed by atoms with E-state index in [0.29, 0.717) is 30.1 Å². The summed E-state index contributed by atoms with van der Waals surface area (Å²) in [5.41, 5.74) is 2.09. The molecule has 8 nitrogen and oxygen atoms in total. The molecule has 0 bridgehead atoms. The minimum Gasteiger partial charge on any atom is -0.338 e. The third-order valence-electron chi connectivity index (χ3n) is 4.76. The van der Waals surface area contributed by atoms with Crippen LogP contribution in [0.4, 0.5) is 5.82 Å². The van der Waals surface area contributed by atoms with Gasteiger partial charge in [-0.1, -0.05) is 6.07 Å². The summed E-state index contributed by atoms with van der Waals surface area (Å²) >= 11 is 0. The van der Waals surface area contributed by atoms with Crippen molar-refractivity contribution in [2.75, 3.05) is 18.4 Å². The summed E-state index contributed by atoms with van der Waals surface area (Å²) in [4.78, 5) is 31.5. The van der Waals surface area contributed by atoms with Gasteiger partial charge in [-0.15, -0.1) is 10.2 Å². The van der Waals surface area contributed by atoms with Gasteiger partial charge in [0.2, 0.25) is 5.91 Å². The molecular formula is C19H20N6O2. The Hall–Kier alpha value is -3.29. The van der Waals surface area contributed by atoms with Crippen LogP contribution >= 0.6 is 0 Å². The molecule has 1 saturated heterocycles. The topological polar surface area (TPSA) is 92.5 Å². The normalized spacial score (nSPS) is 17.1. The number of aryl methyl sites for hydroxylation is 1. The van der Waals surface area contributed by atoms with Crippen LogP contribution in [0.5, 0.6) is 0 Å². The van der Waals surface area contributed by atoms with E-state index < -0.39 is 0 Å². The number of hydrogen-bond acceptors (Lipinski definition) is 5. The number of carbonyl (C=O) groups excluding carboxylic acids is 2. The van der Waals surface area contributed by atoms with Gasteiger partial charge >= 0.3 is 0 Å². The number of anilines is 1. The zero-order valence-electron chi connectivity index (χ0n) is 15.0. The number of nitrogens with zero attached hydrogens (tertiary/aromatic N) is 5. The van der Waals surface area contributed by atoms with Crippen LogP contribution < -0.4 is 5.32 Å². The van der Waals surface area contributed by atoms with Crippen LogP contribution in [0.1, 0.15) is 28.9 Å². The molecule has 8 heteroatoms. The highest BCUT2D eigenvalue weighted by molar-refractivity contribution is 5.96. The smallest absolute Gasteiger partial charge is 0.255 e. The Bertz CT molecular complexity index is 999. The van der Waals surface area contributed by atoms with Crippen molar-refractivity contribution in [3.05, 3.63) is 54.1 Å². The van der Waals surface area contributed by atoms with Crippen LogP contribution in [0, 0.1) is 12.8 Å². The highest BCUT2D eigenvalue weighted by Gasteiger charge is 2.29. The lowest BCUT2D eigenvalue weighted by molar-refractivity contribution is -0.121. The molecule has 2 amide bonds. The molecule has 1 atom stereocenters. The van der Waals surface area contributed by atoms with Gasteiger partial charge < -0.3 is 10.2 Å². The van der Waals surface area contributed by atoms with E-state index in [1.54, 1.807) is 40.0 Å². The van der Waals surface area contributed by atoms with E-state index in [1.165, 1.54) is 0 Å². The van der Waals surface area contributed by atoms with Crippen molar-refractivity contribution >= 4 is 23.3 Å². The van der Waals surface area contributed by atoms with Crippen molar-refractivity contribution in [3.8, 4) is 0 Å². The van der Waals surface area contributed by atoms with E-state index in [0.717, 1.165) is 18.5 Å². The Kier molecular flexibility index (Phi) is 4.53. The zero-order valence-corrected chi connectivity index (χ0v) is 15.0. The lowest BCUT2D eigenvalue weighted by Crippen LogP contribution is -2.43. The molecule has 1 aliphatic heterocycles. The molecule has 1 fully saturated rings. The summed E-state index contributed by atoms with van der Waals surface area (Å²) in [6, 6.07) is 9.01. The first kappa shape index (κ1) is 17.1. The number of rotatable bonds is 3. The number of fused-ring (bicyclic) bond motifs is 1.